The zero-order valence-electron chi connectivity index (χ0n) is 10.4. The van der Waals surface area contributed by atoms with Crippen molar-refractivity contribution < 1.29 is 22.6 Å². The van der Waals surface area contributed by atoms with Crippen molar-refractivity contribution in [3.8, 4) is 6.07 Å². The van der Waals surface area contributed by atoms with Crippen LogP contribution in [0.3, 0.4) is 0 Å². The number of nitriles is 1. The van der Waals surface area contributed by atoms with Crippen molar-refractivity contribution in [3.63, 3.8) is 0 Å². The summed E-state index contributed by atoms with van der Waals surface area (Å²) in [7, 11) is -4.29. The van der Waals surface area contributed by atoms with Crippen LogP contribution in [0.2, 0.25) is 0 Å². The van der Waals surface area contributed by atoms with Crippen molar-refractivity contribution in [1.29, 1.82) is 5.26 Å². The Hall–Kier alpha value is -2.92. The zero-order valence-corrected chi connectivity index (χ0v) is 11.2. The minimum Gasteiger partial charge on any atom is -0.476 e. The Labute approximate surface area is 119 Å². The Kier molecular flexibility index (Phi) is 3.86. The maximum absolute atomic E-state index is 11.9. The van der Waals surface area contributed by atoms with E-state index in [4.69, 9.17) is 10.4 Å². The molecule has 0 spiro atoms. The second-order valence-corrected chi connectivity index (χ2v) is 5.42. The summed E-state index contributed by atoms with van der Waals surface area (Å²) in [6.07, 6.45) is 0. The van der Waals surface area contributed by atoms with Crippen molar-refractivity contribution >= 4 is 32.6 Å². The number of fused-ring (bicyclic) bond motifs is 1. The van der Waals surface area contributed by atoms with Crippen LogP contribution in [0.25, 0.3) is 10.8 Å². The molecule has 8 heteroatoms. The highest BCUT2D eigenvalue weighted by Gasteiger charge is 2.18. The average Bonchev–Trinajstić information content (AvgIpc) is 2.47. The van der Waals surface area contributed by atoms with Crippen LogP contribution in [0.1, 0.15) is 0 Å². The summed E-state index contributed by atoms with van der Waals surface area (Å²) < 4.78 is 28.0. The van der Waals surface area contributed by atoms with Crippen LogP contribution >= 0.6 is 0 Å². The molecule has 106 valence electrons. The molecule has 0 aliphatic heterocycles. The zero-order chi connectivity index (χ0) is 15.5. The van der Waals surface area contributed by atoms with Gasteiger partial charge in [-0.25, -0.2) is 4.79 Å². The first-order chi connectivity index (χ1) is 9.94. The maximum Gasteiger partial charge on any atom is 0.369 e. The summed E-state index contributed by atoms with van der Waals surface area (Å²) in [5.41, 5.74) is -1.06. The van der Waals surface area contributed by atoms with E-state index in [1.807, 2.05) is 12.1 Å². The average molecular weight is 304 g/mol. The molecule has 0 atom stereocenters. The van der Waals surface area contributed by atoms with Crippen molar-refractivity contribution in [2.45, 2.75) is 4.90 Å². The third-order valence-electron chi connectivity index (χ3n) is 2.54. The number of carboxylic acids is 1. The second kappa shape index (κ2) is 5.60. The van der Waals surface area contributed by atoms with Crippen molar-refractivity contribution in [1.82, 2.24) is 0 Å². The number of rotatable bonds is 4. The summed E-state index contributed by atoms with van der Waals surface area (Å²) >= 11 is 0. The van der Waals surface area contributed by atoms with Gasteiger partial charge in [0.1, 0.15) is 11.0 Å². The molecule has 0 unspecified atom stereocenters. The van der Waals surface area contributed by atoms with Gasteiger partial charge in [-0.2, -0.15) is 13.7 Å². The normalized spacial score (nSPS) is 11.9. The highest BCUT2D eigenvalue weighted by Crippen LogP contribution is 2.20. The first kappa shape index (κ1) is 14.5. The van der Waals surface area contributed by atoms with Crippen LogP contribution in [-0.2, 0) is 19.2 Å². The Morgan fingerprint density at radius 2 is 1.86 bits per heavy atom. The minimum absolute atomic E-state index is 0.187. The van der Waals surface area contributed by atoms with E-state index in [0.29, 0.717) is 5.39 Å². The van der Waals surface area contributed by atoms with Gasteiger partial charge in [0.05, 0.1) is 0 Å². The Bertz CT molecular complexity index is 881. The fraction of sp³-hybridized carbons (Fsp3) is 0. The molecular formula is C13H8N2O5S. The van der Waals surface area contributed by atoms with Crippen LogP contribution in [-0.4, -0.2) is 25.2 Å². The van der Waals surface area contributed by atoms with Crippen LogP contribution in [0.4, 0.5) is 0 Å². The predicted octanol–water partition coefficient (Wildman–Crippen LogP) is 1.51. The van der Waals surface area contributed by atoms with Gasteiger partial charge in [0.15, 0.2) is 0 Å². The number of hydrogen-bond acceptors (Lipinski definition) is 6. The topological polar surface area (TPSA) is 117 Å². The molecule has 0 amide bonds. The molecule has 0 saturated carbocycles. The van der Waals surface area contributed by atoms with E-state index in [0.717, 1.165) is 5.39 Å². The molecule has 0 heterocycles. The van der Waals surface area contributed by atoms with Gasteiger partial charge in [-0.3, -0.25) is 4.28 Å². The number of benzene rings is 2. The number of nitrogens with zero attached hydrogens (tertiary/aromatic N) is 2. The van der Waals surface area contributed by atoms with E-state index in [2.05, 4.69) is 9.44 Å². The number of aliphatic carboxylic acids is 1. The number of hydrogen-bond donors (Lipinski definition) is 1. The van der Waals surface area contributed by atoms with Crippen LogP contribution in [0.15, 0.2) is 52.5 Å². The molecule has 0 radical (unpaired) electrons. The van der Waals surface area contributed by atoms with Crippen molar-refractivity contribution in [2.24, 2.45) is 5.16 Å². The quantitative estimate of drug-likeness (QED) is 0.676. The van der Waals surface area contributed by atoms with Gasteiger partial charge in [-0.15, -0.1) is 0 Å². The third kappa shape index (κ3) is 3.16. The van der Waals surface area contributed by atoms with E-state index in [9.17, 15) is 13.2 Å². The standard InChI is InChI=1S/C13H8N2O5S/c14-8-12(13(16)17)15-20-21(18,19)11-6-5-9-3-1-2-4-10(9)7-11/h1-7H,(H,16,17)/b15-12+. The fourth-order valence-electron chi connectivity index (χ4n) is 1.56. The lowest BCUT2D eigenvalue weighted by Gasteiger charge is -2.03. The van der Waals surface area contributed by atoms with Gasteiger partial charge in [-0.05, 0) is 28.1 Å². The molecule has 0 aliphatic rings. The molecule has 2 aromatic carbocycles. The van der Waals surface area contributed by atoms with Crippen molar-refractivity contribution in [3.05, 3.63) is 42.5 Å². The van der Waals surface area contributed by atoms with Gasteiger partial charge >= 0.3 is 16.1 Å². The Balaban J connectivity index is 2.38. The van der Waals surface area contributed by atoms with E-state index in [1.165, 1.54) is 18.2 Å². The lowest BCUT2D eigenvalue weighted by atomic mass is 10.1. The first-order valence-corrected chi connectivity index (χ1v) is 6.99. The maximum atomic E-state index is 11.9. The Morgan fingerprint density at radius 1 is 1.19 bits per heavy atom. The second-order valence-electron chi connectivity index (χ2n) is 3.89. The van der Waals surface area contributed by atoms with Gasteiger partial charge in [0.2, 0.25) is 0 Å². The molecule has 1 N–H and O–H groups in total. The van der Waals surface area contributed by atoms with Crippen LogP contribution < -0.4 is 0 Å². The lowest BCUT2D eigenvalue weighted by Crippen LogP contribution is -2.12. The smallest absolute Gasteiger partial charge is 0.369 e. The molecule has 0 aromatic heterocycles. The summed E-state index contributed by atoms with van der Waals surface area (Å²) in [5.74, 6) is -1.67. The molecule has 21 heavy (non-hydrogen) atoms. The molecule has 0 aliphatic carbocycles. The van der Waals surface area contributed by atoms with Crippen LogP contribution in [0, 0.1) is 11.3 Å². The highest BCUT2D eigenvalue weighted by atomic mass is 32.2. The number of oxime groups is 1. The molecule has 0 bridgehead atoms. The predicted molar refractivity (Wildman–Crippen MR) is 72.9 cm³/mol. The summed E-state index contributed by atoms with van der Waals surface area (Å²) in [4.78, 5) is 10.3. The van der Waals surface area contributed by atoms with E-state index < -0.39 is 21.8 Å². The van der Waals surface area contributed by atoms with Gasteiger partial charge in [-0.1, -0.05) is 30.3 Å². The van der Waals surface area contributed by atoms with E-state index in [-0.39, 0.29) is 4.90 Å². The minimum atomic E-state index is -4.29. The molecule has 0 fully saturated rings. The highest BCUT2D eigenvalue weighted by molar-refractivity contribution is 7.86. The van der Waals surface area contributed by atoms with Gasteiger partial charge in [0, 0.05) is 0 Å². The van der Waals surface area contributed by atoms with E-state index >= 15 is 0 Å². The molecule has 2 rings (SSSR count). The largest absolute Gasteiger partial charge is 0.476 e. The lowest BCUT2D eigenvalue weighted by molar-refractivity contribution is -0.129. The Morgan fingerprint density at radius 3 is 2.48 bits per heavy atom. The summed E-state index contributed by atoms with van der Waals surface area (Å²) in [6.45, 7) is 0. The number of carbonyl (C=O) groups is 1. The summed E-state index contributed by atoms with van der Waals surface area (Å²) in [6, 6.07) is 12.6. The van der Waals surface area contributed by atoms with Gasteiger partial charge in [0.25, 0.3) is 5.71 Å². The first-order valence-electron chi connectivity index (χ1n) is 5.58. The fourth-order valence-corrected chi connectivity index (χ4v) is 2.32. The SMILES string of the molecule is N#C/C(=N\OS(=O)(=O)c1ccc2ccccc2c1)C(=O)O. The summed E-state index contributed by atoms with van der Waals surface area (Å²) in [5, 5.41) is 21.4. The number of carboxylic acid groups (broad SMARTS) is 1. The molecule has 0 saturated heterocycles. The third-order valence-corrected chi connectivity index (χ3v) is 3.65. The molecule has 2 aromatic rings. The molecular weight excluding hydrogens is 296 g/mol. The molecule has 7 nitrogen and oxygen atoms in total. The van der Waals surface area contributed by atoms with Crippen molar-refractivity contribution in [2.75, 3.05) is 0 Å². The monoisotopic (exact) mass is 304 g/mol. The van der Waals surface area contributed by atoms with Crippen LogP contribution in [0.5, 0.6) is 0 Å². The van der Waals surface area contributed by atoms with Gasteiger partial charge < -0.3 is 5.11 Å². The van der Waals surface area contributed by atoms with E-state index in [1.54, 1.807) is 18.2 Å².